The molecule has 0 aliphatic carbocycles. The highest BCUT2D eigenvalue weighted by atomic mass is 32.2. The van der Waals surface area contributed by atoms with Crippen LogP contribution < -0.4 is 0 Å². The Morgan fingerprint density at radius 3 is 2.68 bits per heavy atom. The van der Waals surface area contributed by atoms with Crippen molar-refractivity contribution in [3.8, 4) is 0 Å². The topological polar surface area (TPSA) is 77.1 Å². The molecule has 1 amide bonds. The van der Waals surface area contributed by atoms with Crippen LogP contribution in [0.1, 0.15) is 33.5 Å². The van der Waals surface area contributed by atoms with E-state index in [9.17, 15) is 4.79 Å². The van der Waals surface area contributed by atoms with E-state index in [0.29, 0.717) is 17.5 Å². The third-order valence-electron chi connectivity index (χ3n) is 3.11. The maximum absolute atomic E-state index is 12.4. The van der Waals surface area contributed by atoms with E-state index >= 15 is 0 Å². The van der Waals surface area contributed by atoms with Crippen LogP contribution >= 0.6 is 11.8 Å². The van der Waals surface area contributed by atoms with Gasteiger partial charge in [0.2, 0.25) is 11.1 Å². The van der Waals surface area contributed by atoms with Crippen LogP contribution in [0.2, 0.25) is 0 Å². The third kappa shape index (κ3) is 4.09. The minimum Gasteiger partial charge on any atom is -0.467 e. The average Bonchev–Trinajstić information content (AvgIpc) is 3.08. The summed E-state index contributed by atoms with van der Waals surface area (Å²) >= 11 is 1.34. The van der Waals surface area contributed by atoms with Crippen molar-refractivity contribution in [2.24, 2.45) is 0 Å². The molecule has 0 aromatic carbocycles. The Balaban J connectivity index is 1.97. The molecule has 0 spiro atoms. The summed E-state index contributed by atoms with van der Waals surface area (Å²) in [6.07, 6.45) is 1.61. The van der Waals surface area contributed by atoms with Crippen molar-refractivity contribution in [2.75, 3.05) is 5.75 Å². The van der Waals surface area contributed by atoms with Gasteiger partial charge in [0, 0.05) is 12.1 Å². The average molecular weight is 323 g/mol. The molecule has 0 N–H and O–H groups in total. The molecule has 0 radical (unpaired) electrons. The molecule has 0 atom stereocenters. The van der Waals surface area contributed by atoms with Crippen LogP contribution in [0, 0.1) is 0 Å². The minimum atomic E-state index is 0.0857. The second kappa shape index (κ2) is 7.44. The highest BCUT2D eigenvalue weighted by Crippen LogP contribution is 2.17. The van der Waals surface area contributed by atoms with Crippen molar-refractivity contribution in [2.45, 2.75) is 51.5 Å². The van der Waals surface area contributed by atoms with Gasteiger partial charge in [-0.3, -0.25) is 4.79 Å². The predicted molar refractivity (Wildman–Crippen MR) is 83.5 cm³/mol. The van der Waals surface area contributed by atoms with Crippen LogP contribution in [-0.2, 0) is 11.3 Å². The normalized spacial score (nSPS) is 11.4. The van der Waals surface area contributed by atoms with Gasteiger partial charge in [0.15, 0.2) is 0 Å². The fourth-order valence-electron chi connectivity index (χ4n) is 2.32. The lowest BCUT2D eigenvalue weighted by Crippen LogP contribution is -2.43. The lowest BCUT2D eigenvalue weighted by atomic mass is 10.2. The van der Waals surface area contributed by atoms with E-state index < -0.39 is 0 Å². The van der Waals surface area contributed by atoms with Gasteiger partial charge in [-0.1, -0.05) is 11.8 Å². The third-order valence-corrected chi connectivity index (χ3v) is 4.05. The molecule has 0 bridgehead atoms. The molecule has 0 aliphatic heterocycles. The summed E-state index contributed by atoms with van der Waals surface area (Å²) in [7, 11) is 0. The molecule has 2 rings (SSSR count). The number of carbonyl (C=O) groups is 1. The first-order chi connectivity index (χ1) is 10.5. The van der Waals surface area contributed by atoms with Gasteiger partial charge >= 0.3 is 0 Å². The Labute approximate surface area is 134 Å². The van der Waals surface area contributed by atoms with Gasteiger partial charge in [0.1, 0.15) is 12.3 Å². The Morgan fingerprint density at radius 1 is 1.36 bits per heavy atom. The summed E-state index contributed by atoms with van der Waals surface area (Å²) in [5.74, 6) is 1.17. The van der Waals surface area contributed by atoms with Gasteiger partial charge < -0.3 is 9.32 Å². The van der Waals surface area contributed by atoms with Crippen molar-refractivity contribution in [3.05, 3.63) is 24.2 Å². The molecule has 0 aliphatic rings. The zero-order valence-corrected chi connectivity index (χ0v) is 14.1. The summed E-state index contributed by atoms with van der Waals surface area (Å²) in [5.41, 5.74) is 0. The standard InChI is InChI=1S/C14H21N5O2S/c1-10(2)19(11(3)4)13(20)9-22-14-15-16-17-18(14)8-12-6-5-7-21-12/h5-7,10-11H,8-9H2,1-4H3. The maximum atomic E-state index is 12.4. The SMILES string of the molecule is CC(C)N(C(=O)CSc1nnnn1Cc1ccco1)C(C)C. The Kier molecular flexibility index (Phi) is 5.59. The molecule has 0 saturated heterocycles. The van der Waals surface area contributed by atoms with E-state index in [1.54, 1.807) is 10.9 Å². The first kappa shape index (κ1) is 16.5. The number of tetrazole rings is 1. The summed E-state index contributed by atoms with van der Waals surface area (Å²) in [6, 6.07) is 4.03. The van der Waals surface area contributed by atoms with Gasteiger partial charge in [0.05, 0.1) is 12.0 Å². The molecule has 8 heteroatoms. The Bertz CT molecular complexity index is 586. The van der Waals surface area contributed by atoms with Crippen molar-refractivity contribution in [1.29, 1.82) is 0 Å². The molecule has 22 heavy (non-hydrogen) atoms. The van der Waals surface area contributed by atoms with Crippen molar-refractivity contribution >= 4 is 17.7 Å². The molecule has 0 fully saturated rings. The zero-order chi connectivity index (χ0) is 16.1. The van der Waals surface area contributed by atoms with E-state index in [2.05, 4.69) is 15.5 Å². The summed E-state index contributed by atoms with van der Waals surface area (Å²) in [6.45, 7) is 8.52. The number of nitrogens with zero attached hydrogens (tertiary/aromatic N) is 5. The van der Waals surface area contributed by atoms with E-state index in [1.807, 2.05) is 44.7 Å². The van der Waals surface area contributed by atoms with Gasteiger partial charge in [-0.15, -0.1) is 5.10 Å². The lowest BCUT2D eigenvalue weighted by Gasteiger charge is -2.30. The van der Waals surface area contributed by atoms with Crippen LogP contribution in [0.4, 0.5) is 0 Å². The second-order valence-corrected chi connectivity index (χ2v) is 6.42. The number of rotatable bonds is 7. The van der Waals surface area contributed by atoms with E-state index in [4.69, 9.17) is 4.42 Å². The van der Waals surface area contributed by atoms with Crippen LogP contribution in [0.25, 0.3) is 0 Å². The highest BCUT2D eigenvalue weighted by Gasteiger charge is 2.21. The predicted octanol–water partition coefficient (Wildman–Crippen LogP) is 2.05. The van der Waals surface area contributed by atoms with Crippen molar-refractivity contribution in [1.82, 2.24) is 25.1 Å². The number of amides is 1. The second-order valence-electron chi connectivity index (χ2n) is 5.48. The molecular formula is C14H21N5O2S. The highest BCUT2D eigenvalue weighted by molar-refractivity contribution is 7.99. The number of hydrogen-bond donors (Lipinski definition) is 0. The van der Waals surface area contributed by atoms with Gasteiger partial charge in [-0.25, -0.2) is 4.68 Å². The quantitative estimate of drug-likeness (QED) is 0.726. The number of hydrogen-bond acceptors (Lipinski definition) is 6. The summed E-state index contributed by atoms with van der Waals surface area (Å²) < 4.78 is 6.92. The lowest BCUT2D eigenvalue weighted by molar-refractivity contribution is -0.131. The molecule has 2 aromatic rings. The van der Waals surface area contributed by atoms with Crippen LogP contribution in [-0.4, -0.2) is 48.9 Å². The molecule has 0 saturated carbocycles. The monoisotopic (exact) mass is 323 g/mol. The number of thioether (sulfide) groups is 1. The number of furan rings is 1. The minimum absolute atomic E-state index is 0.0857. The van der Waals surface area contributed by atoms with Crippen LogP contribution in [0.5, 0.6) is 0 Å². The van der Waals surface area contributed by atoms with Gasteiger partial charge in [-0.2, -0.15) is 0 Å². The fourth-order valence-corrected chi connectivity index (χ4v) is 3.07. The first-order valence-electron chi connectivity index (χ1n) is 7.21. The number of carbonyl (C=O) groups excluding carboxylic acids is 1. The molecule has 120 valence electrons. The van der Waals surface area contributed by atoms with Crippen molar-refractivity contribution < 1.29 is 9.21 Å². The van der Waals surface area contributed by atoms with Gasteiger partial charge in [-0.05, 0) is 50.3 Å². The molecule has 0 unspecified atom stereocenters. The van der Waals surface area contributed by atoms with E-state index in [0.717, 1.165) is 5.76 Å². The molecule has 2 heterocycles. The number of aromatic nitrogens is 4. The molecule has 2 aromatic heterocycles. The smallest absolute Gasteiger partial charge is 0.233 e. The van der Waals surface area contributed by atoms with E-state index in [-0.39, 0.29) is 18.0 Å². The van der Waals surface area contributed by atoms with Crippen LogP contribution in [0.3, 0.4) is 0 Å². The first-order valence-corrected chi connectivity index (χ1v) is 8.20. The van der Waals surface area contributed by atoms with E-state index in [1.165, 1.54) is 11.8 Å². The zero-order valence-electron chi connectivity index (χ0n) is 13.3. The van der Waals surface area contributed by atoms with Crippen LogP contribution in [0.15, 0.2) is 28.0 Å². The molecule has 7 nitrogen and oxygen atoms in total. The molecular weight excluding hydrogens is 302 g/mol. The summed E-state index contributed by atoms with van der Waals surface area (Å²) in [5, 5.41) is 12.2. The Morgan fingerprint density at radius 2 is 2.09 bits per heavy atom. The largest absolute Gasteiger partial charge is 0.467 e. The maximum Gasteiger partial charge on any atom is 0.233 e. The fraction of sp³-hybridized carbons (Fsp3) is 0.571. The summed E-state index contributed by atoms with van der Waals surface area (Å²) in [4.78, 5) is 14.2. The van der Waals surface area contributed by atoms with Gasteiger partial charge in [0.25, 0.3) is 0 Å². The Hall–Kier alpha value is -1.83. The van der Waals surface area contributed by atoms with Crippen molar-refractivity contribution in [3.63, 3.8) is 0 Å².